The lowest BCUT2D eigenvalue weighted by Gasteiger charge is -2.30. The van der Waals surface area contributed by atoms with Crippen LogP contribution in [0.5, 0.6) is 0 Å². The van der Waals surface area contributed by atoms with E-state index in [1.54, 1.807) is 6.20 Å². The lowest BCUT2D eigenvalue weighted by Crippen LogP contribution is -2.45. The van der Waals surface area contributed by atoms with Gasteiger partial charge in [0.15, 0.2) is 0 Å². The van der Waals surface area contributed by atoms with Crippen LogP contribution < -0.4 is 10.2 Å². The fourth-order valence-electron chi connectivity index (χ4n) is 3.32. The van der Waals surface area contributed by atoms with E-state index in [1.807, 2.05) is 17.0 Å². The number of carbonyl (C=O) groups is 1. The molecule has 2 aliphatic heterocycles. The van der Waals surface area contributed by atoms with Gasteiger partial charge in [0.25, 0.3) is 0 Å². The summed E-state index contributed by atoms with van der Waals surface area (Å²) in [6.07, 6.45) is 5.00. The molecule has 3 heterocycles. The zero-order valence-corrected chi connectivity index (χ0v) is 14.4. The summed E-state index contributed by atoms with van der Waals surface area (Å²) in [6, 6.07) is 3.93. The van der Waals surface area contributed by atoms with Gasteiger partial charge in [-0.1, -0.05) is 18.5 Å². The zero-order valence-electron chi connectivity index (χ0n) is 13.7. The molecular formula is C17H25ClN4O. The number of piperidine rings is 1. The molecule has 5 nitrogen and oxygen atoms in total. The number of hydrogen-bond donors (Lipinski definition) is 1. The van der Waals surface area contributed by atoms with Gasteiger partial charge in [-0.15, -0.1) is 0 Å². The van der Waals surface area contributed by atoms with Crippen molar-refractivity contribution < 1.29 is 4.79 Å². The van der Waals surface area contributed by atoms with Crippen LogP contribution in [0.15, 0.2) is 18.3 Å². The van der Waals surface area contributed by atoms with Crippen LogP contribution >= 0.6 is 11.6 Å². The molecule has 23 heavy (non-hydrogen) atoms. The van der Waals surface area contributed by atoms with Crippen LogP contribution in [-0.2, 0) is 0 Å². The highest BCUT2D eigenvalue weighted by molar-refractivity contribution is 6.30. The normalized spacial score (nSPS) is 22.4. The molecule has 2 saturated heterocycles. The van der Waals surface area contributed by atoms with Crippen LogP contribution in [0.3, 0.4) is 0 Å². The van der Waals surface area contributed by atoms with E-state index in [0.29, 0.717) is 10.9 Å². The minimum absolute atomic E-state index is 0.0972. The Morgan fingerprint density at radius 2 is 2.09 bits per heavy atom. The molecular weight excluding hydrogens is 312 g/mol. The molecule has 0 bridgehead atoms. The second-order valence-corrected chi connectivity index (χ2v) is 7.23. The smallest absolute Gasteiger partial charge is 0.317 e. The minimum atomic E-state index is 0.0972. The van der Waals surface area contributed by atoms with Gasteiger partial charge in [0.1, 0.15) is 5.82 Å². The zero-order chi connectivity index (χ0) is 16.2. The molecule has 2 fully saturated rings. The number of amides is 2. The molecule has 1 atom stereocenters. The van der Waals surface area contributed by atoms with Crippen molar-refractivity contribution in [1.82, 2.24) is 15.2 Å². The van der Waals surface area contributed by atoms with E-state index in [-0.39, 0.29) is 6.03 Å². The van der Waals surface area contributed by atoms with Gasteiger partial charge in [0.2, 0.25) is 0 Å². The van der Waals surface area contributed by atoms with Crippen molar-refractivity contribution in [2.24, 2.45) is 11.8 Å². The molecule has 2 aliphatic rings. The Morgan fingerprint density at radius 3 is 2.78 bits per heavy atom. The summed E-state index contributed by atoms with van der Waals surface area (Å²) < 4.78 is 0. The van der Waals surface area contributed by atoms with Gasteiger partial charge in [0, 0.05) is 38.9 Å². The molecule has 1 N–H and O–H groups in total. The number of likely N-dealkylation sites (tertiary alicyclic amines) is 1. The molecule has 0 radical (unpaired) electrons. The average molecular weight is 337 g/mol. The van der Waals surface area contributed by atoms with Gasteiger partial charge in [0.05, 0.1) is 5.02 Å². The fourth-order valence-corrected chi connectivity index (χ4v) is 3.43. The summed E-state index contributed by atoms with van der Waals surface area (Å²) in [4.78, 5) is 20.8. The summed E-state index contributed by atoms with van der Waals surface area (Å²) >= 11 is 5.88. The van der Waals surface area contributed by atoms with E-state index in [2.05, 4.69) is 22.1 Å². The number of rotatable bonds is 3. The summed E-state index contributed by atoms with van der Waals surface area (Å²) in [7, 11) is 0. The monoisotopic (exact) mass is 336 g/mol. The van der Waals surface area contributed by atoms with Gasteiger partial charge in [-0.25, -0.2) is 9.78 Å². The maximum Gasteiger partial charge on any atom is 0.317 e. The molecule has 6 heteroatoms. The van der Waals surface area contributed by atoms with Gasteiger partial charge in [-0.2, -0.15) is 0 Å². The van der Waals surface area contributed by atoms with Crippen molar-refractivity contribution in [3.05, 3.63) is 23.4 Å². The van der Waals surface area contributed by atoms with Crippen LogP contribution in [-0.4, -0.2) is 48.6 Å². The molecule has 126 valence electrons. The van der Waals surface area contributed by atoms with E-state index in [9.17, 15) is 4.79 Å². The number of anilines is 1. The number of nitrogens with one attached hydrogen (secondary N) is 1. The minimum Gasteiger partial charge on any atom is -0.356 e. The largest absolute Gasteiger partial charge is 0.356 e. The van der Waals surface area contributed by atoms with E-state index in [1.165, 1.54) is 0 Å². The SMILES string of the molecule is CC1CCN(C(=O)NCC2CCN(c3ccc(Cl)cn3)C2)CC1. The van der Waals surface area contributed by atoms with Crippen LogP contribution in [0.1, 0.15) is 26.2 Å². The first-order valence-corrected chi connectivity index (χ1v) is 8.89. The highest BCUT2D eigenvalue weighted by Crippen LogP contribution is 2.23. The second kappa shape index (κ2) is 7.39. The molecule has 0 saturated carbocycles. The number of urea groups is 1. The average Bonchev–Trinajstić information content (AvgIpc) is 3.03. The Morgan fingerprint density at radius 1 is 1.30 bits per heavy atom. The third-order valence-electron chi connectivity index (χ3n) is 4.93. The van der Waals surface area contributed by atoms with E-state index >= 15 is 0 Å². The lowest BCUT2D eigenvalue weighted by molar-refractivity contribution is 0.173. The predicted molar refractivity (Wildman–Crippen MR) is 92.9 cm³/mol. The number of nitrogens with zero attached hydrogens (tertiary/aromatic N) is 3. The van der Waals surface area contributed by atoms with Gasteiger partial charge in [-0.05, 0) is 43.2 Å². The molecule has 3 rings (SSSR count). The number of halogens is 1. The Kier molecular flexibility index (Phi) is 5.26. The maximum absolute atomic E-state index is 12.2. The first kappa shape index (κ1) is 16.4. The van der Waals surface area contributed by atoms with Crippen molar-refractivity contribution in [3.8, 4) is 0 Å². The predicted octanol–water partition coefficient (Wildman–Crippen LogP) is 3.00. The Bertz CT molecular complexity index is 528. The first-order valence-electron chi connectivity index (χ1n) is 8.51. The molecule has 0 aliphatic carbocycles. The third kappa shape index (κ3) is 4.28. The van der Waals surface area contributed by atoms with Gasteiger partial charge in [-0.3, -0.25) is 0 Å². The first-order chi connectivity index (χ1) is 11.1. The van der Waals surface area contributed by atoms with E-state index < -0.39 is 0 Å². The fraction of sp³-hybridized carbons (Fsp3) is 0.647. The van der Waals surface area contributed by atoms with Crippen LogP contribution in [0, 0.1) is 11.8 Å². The van der Waals surface area contributed by atoms with Crippen molar-refractivity contribution in [1.29, 1.82) is 0 Å². The highest BCUT2D eigenvalue weighted by atomic mass is 35.5. The Labute approximate surface area is 143 Å². The van der Waals surface area contributed by atoms with Crippen LogP contribution in [0.2, 0.25) is 5.02 Å². The molecule has 0 spiro atoms. The molecule has 0 aromatic carbocycles. The topological polar surface area (TPSA) is 48.5 Å². The van der Waals surface area contributed by atoms with Crippen LogP contribution in [0.25, 0.3) is 0 Å². The van der Waals surface area contributed by atoms with Crippen molar-refractivity contribution >= 4 is 23.4 Å². The van der Waals surface area contributed by atoms with E-state index in [4.69, 9.17) is 11.6 Å². The second-order valence-electron chi connectivity index (χ2n) is 6.79. The molecule has 1 aromatic heterocycles. The molecule has 2 amide bonds. The Hall–Kier alpha value is -1.49. The maximum atomic E-state index is 12.2. The van der Waals surface area contributed by atoms with Crippen molar-refractivity contribution in [2.75, 3.05) is 37.6 Å². The standard InChI is InChI=1S/C17H25ClN4O/c1-13-4-7-21(8-5-13)17(23)20-10-14-6-9-22(12-14)16-3-2-15(18)11-19-16/h2-3,11,13-14H,4-10,12H2,1H3,(H,20,23). The highest BCUT2D eigenvalue weighted by Gasteiger charge is 2.25. The summed E-state index contributed by atoms with van der Waals surface area (Å²) in [5.74, 6) is 2.20. The number of carbonyl (C=O) groups excluding carboxylic acids is 1. The van der Waals surface area contributed by atoms with Gasteiger partial charge >= 0.3 is 6.03 Å². The van der Waals surface area contributed by atoms with Crippen molar-refractivity contribution in [3.63, 3.8) is 0 Å². The quantitative estimate of drug-likeness (QED) is 0.923. The number of hydrogen-bond acceptors (Lipinski definition) is 3. The number of pyridine rings is 1. The Balaban J connectivity index is 1.43. The molecule has 1 aromatic rings. The van der Waals surface area contributed by atoms with Crippen LogP contribution in [0.4, 0.5) is 10.6 Å². The van der Waals surface area contributed by atoms with Crippen molar-refractivity contribution in [2.45, 2.75) is 26.2 Å². The molecule has 1 unspecified atom stereocenters. The number of aromatic nitrogens is 1. The summed E-state index contributed by atoms with van der Waals surface area (Å²) in [5, 5.41) is 3.77. The third-order valence-corrected chi connectivity index (χ3v) is 5.16. The van der Waals surface area contributed by atoms with E-state index in [0.717, 1.165) is 63.7 Å². The lowest BCUT2D eigenvalue weighted by atomic mass is 10.00. The summed E-state index contributed by atoms with van der Waals surface area (Å²) in [6.45, 7) is 6.70. The summed E-state index contributed by atoms with van der Waals surface area (Å²) in [5.41, 5.74) is 0. The van der Waals surface area contributed by atoms with Gasteiger partial charge < -0.3 is 15.1 Å².